The molecule has 0 aliphatic heterocycles. The molecular formula is C16H16ClF2NO. The standard InChI is InChI=1S/C16H16ClF2NO/c1-20-15(7-10-5-12(18)9-13(19)6-10)14-4-3-11(17)8-16(14)21-2/h3-6,8-9,15,20H,7H2,1-2H3. The normalized spacial score (nSPS) is 12.2. The maximum atomic E-state index is 13.3. The molecule has 0 saturated heterocycles. The molecule has 21 heavy (non-hydrogen) atoms. The van der Waals surface area contributed by atoms with Crippen molar-refractivity contribution in [2.45, 2.75) is 12.5 Å². The summed E-state index contributed by atoms with van der Waals surface area (Å²) in [7, 11) is 3.35. The van der Waals surface area contributed by atoms with Gasteiger partial charge in [0.15, 0.2) is 0 Å². The van der Waals surface area contributed by atoms with E-state index in [4.69, 9.17) is 16.3 Å². The Labute approximate surface area is 127 Å². The molecule has 0 aliphatic rings. The third kappa shape index (κ3) is 3.93. The predicted octanol–water partition coefficient (Wildman–Crippen LogP) is 4.13. The highest BCUT2D eigenvalue weighted by Gasteiger charge is 2.16. The van der Waals surface area contributed by atoms with Gasteiger partial charge in [-0.05, 0) is 43.3 Å². The maximum absolute atomic E-state index is 13.3. The molecule has 0 aliphatic carbocycles. The smallest absolute Gasteiger partial charge is 0.126 e. The van der Waals surface area contributed by atoms with Gasteiger partial charge in [-0.2, -0.15) is 0 Å². The third-order valence-electron chi connectivity index (χ3n) is 3.28. The number of likely N-dealkylation sites (N-methyl/N-ethyl adjacent to an activating group) is 1. The fourth-order valence-electron chi connectivity index (χ4n) is 2.30. The summed E-state index contributed by atoms with van der Waals surface area (Å²) < 4.78 is 31.9. The Bertz CT molecular complexity index is 613. The van der Waals surface area contributed by atoms with Gasteiger partial charge in [-0.1, -0.05) is 17.7 Å². The fourth-order valence-corrected chi connectivity index (χ4v) is 2.47. The van der Waals surface area contributed by atoms with Crippen LogP contribution in [0.2, 0.25) is 5.02 Å². The first kappa shape index (κ1) is 15.7. The van der Waals surface area contributed by atoms with Crippen molar-refractivity contribution in [3.05, 3.63) is 64.2 Å². The Balaban J connectivity index is 2.31. The number of hydrogen-bond donors (Lipinski definition) is 1. The lowest BCUT2D eigenvalue weighted by molar-refractivity contribution is 0.401. The van der Waals surface area contributed by atoms with Gasteiger partial charge in [0, 0.05) is 22.7 Å². The lowest BCUT2D eigenvalue weighted by atomic mass is 9.98. The van der Waals surface area contributed by atoms with E-state index in [0.29, 0.717) is 22.8 Å². The second kappa shape index (κ2) is 6.87. The maximum Gasteiger partial charge on any atom is 0.126 e. The van der Waals surface area contributed by atoms with E-state index < -0.39 is 11.6 Å². The van der Waals surface area contributed by atoms with Crippen molar-refractivity contribution in [2.24, 2.45) is 0 Å². The highest BCUT2D eigenvalue weighted by Crippen LogP contribution is 2.30. The minimum Gasteiger partial charge on any atom is -0.496 e. The second-order valence-electron chi connectivity index (χ2n) is 4.71. The molecule has 2 nitrogen and oxygen atoms in total. The summed E-state index contributed by atoms with van der Waals surface area (Å²) in [5.74, 6) is -0.524. The summed E-state index contributed by atoms with van der Waals surface area (Å²) >= 11 is 5.95. The quantitative estimate of drug-likeness (QED) is 0.896. The first-order chi connectivity index (χ1) is 10.0. The molecule has 112 valence electrons. The molecule has 5 heteroatoms. The van der Waals surface area contributed by atoms with Crippen molar-refractivity contribution >= 4 is 11.6 Å². The van der Waals surface area contributed by atoms with Crippen LogP contribution in [0.25, 0.3) is 0 Å². The van der Waals surface area contributed by atoms with E-state index in [1.165, 1.54) is 12.1 Å². The number of methoxy groups -OCH3 is 1. The molecule has 2 aromatic rings. The fraction of sp³-hybridized carbons (Fsp3) is 0.250. The number of hydrogen-bond acceptors (Lipinski definition) is 2. The Morgan fingerprint density at radius 3 is 2.38 bits per heavy atom. The first-order valence-corrected chi connectivity index (χ1v) is 6.87. The van der Waals surface area contributed by atoms with Crippen LogP contribution < -0.4 is 10.1 Å². The molecule has 0 heterocycles. The number of ether oxygens (including phenoxy) is 1. The molecule has 0 amide bonds. The van der Waals surface area contributed by atoms with Crippen molar-refractivity contribution < 1.29 is 13.5 Å². The monoisotopic (exact) mass is 311 g/mol. The van der Waals surface area contributed by atoms with E-state index in [1.807, 2.05) is 6.07 Å². The van der Waals surface area contributed by atoms with Gasteiger partial charge in [-0.3, -0.25) is 0 Å². The molecule has 2 rings (SSSR count). The van der Waals surface area contributed by atoms with Gasteiger partial charge in [0.2, 0.25) is 0 Å². The zero-order valence-corrected chi connectivity index (χ0v) is 12.5. The van der Waals surface area contributed by atoms with Crippen molar-refractivity contribution in [3.8, 4) is 5.75 Å². The molecule has 1 unspecified atom stereocenters. The summed E-state index contributed by atoms with van der Waals surface area (Å²) in [5, 5.41) is 3.70. The lowest BCUT2D eigenvalue weighted by Gasteiger charge is -2.20. The molecule has 0 aromatic heterocycles. The van der Waals surface area contributed by atoms with Crippen LogP contribution in [0, 0.1) is 11.6 Å². The molecular weight excluding hydrogens is 296 g/mol. The van der Waals surface area contributed by atoms with Crippen LogP contribution in [0.4, 0.5) is 8.78 Å². The summed E-state index contributed by atoms with van der Waals surface area (Å²) in [6.45, 7) is 0. The number of benzene rings is 2. The van der Waals surface area contributed by atoms with Gasteiger partial charge in [0.1, 0.15) is 17.4 Å². The van der Waals surface area contributed by atoms with Crippen molar-refractivity contribution in [1.29, 1.82) is 0 Å². The molecule has 0 saturated carbocycles. The van der Waals surface area contributed by atoms with E-state index >= 15 is 0 Å². The van der Waals surface area contributed by atoms with Crippen LogP contribution in [0.15, 0.2) is 36.4 Å². The zero-order chi connectivity index (χ0) is 15.4. The van der Waals surface area contributed by atoms with Gasteiger partial charge < -0.3 is 10.1 Å². The SMILES string of the molecule is CNC(Cc1cc(F)cc(F)c1)c1ccc(Cl)cc1OC. The van der Waals surface area contributed by atoms with Gasteiger partial charge in [-0.25, -0.2) is 8.78 Å². The zero-order valence-electron chi connectivity index (χ0n) is 11.8. The summed E-state index contributed by atoms with van der Waals surface area (Å²) in [6.07, 6.45) is 0.434. The van der Waals surface area contributed by atoms with E-state index in [1.54, 1.807) is 26.3 Å². The van der Waals surface area contributed by atoms with Crippen LogP contribution in [-0.4, -0.2) is 14.2 Å². The topological polar surface area (TPSA) is 21.3 Å². The third-order valence-corrected chi connectivity index (χ3v) is 3.52. The highest BCUT2D eigenvalue weighted by atomic mass is 35.5. The first-order valence-electron chi connectivity index (χ1n) is 6.49. The number of halogens is 3. The minimum atomic E-state index is -0.581. The number of nitrogens with one attached hydrogen (secondary N) is 1. The van der Waals surface area contributed by atoms with Gasteiger partial charge in [0.25, 0.3) is 0 Å². The summed E-state index contributed by atoms with van der Waals surface area (Å²) in [4.78, 5) is 0. The highest BCUT2D eigenvalue weighted by molar-refractivity contribution is 6.30. The molecule has 2 aromatic carbocycles. The van der Waals surface area contributed by atoms with E-state index in [9.17, 15) is 8.78 Å². The average molecular weight is 312 g/mol. The summed E-state index contributed by atoms with van der Waals surface area (Å²) in [5.41, 5.74) is 1.46. The molecule has 0 fully saturated rings. The minimum absolute atomic E-state index is 0.140. The van der Waals surface area contributed by atoms with Crippen LogP contribution in [-0.2, 0) is 6.42 Å². The Morgan fingerprint density at radius 2 is 1.81 bits per heavy atom. The average Bonchev–Trinajstić information content (AvgIpc) is 2.44. The van der Waals surface area contributed by atoms with Crippen LogP contribution in [0.3, 0.4) is 0 Å². The van der Waals surface area contributed by atoms with Crippen molar-refractivity contribution in [1.82, 2.24) is 5.32 Å². The summed E-state index contributed by atoms with van der Waals surface area (Å²) in [6, 6.07) is 8.70. The van der Waals surface area contributed by atoms with E-state index in [2.05, 4.69) is 5.32 Å². The van der Waals surface area contributed by atoms with Crippen LogP contribution in [0.5, 0.6) is 5.75 Å². The number of rotatable bonds is 5. The van der Waals surface area contributed by atoms with Gasteiger partial charge in [-0.15, -0.1) is 0 Å². The Morgan fingerprint density at radius 1 is 1.14 bits per heavy atom. The Hall–Kier alpha value is -1.65. The van der Waals surface area contributed by atoms with Crippen LogP contribution in [0.1, 0.15) is 17.2 Å². The Kier molecular flexibility index (Phi) is 5.15. The van der Waals surface area contributed by atoms with Gasteiger partial charge >= 0.3 is 0 Å². The molecule has 0 spiro atoms. The second-order valence-corrected chi connectivity index (χ2v) is 5.15. The van der Waals surface area contributed by atoms with Crippen molar-refractivity contribution in [3.63, 3.8) is 0 Å². The van der Waals surface area contributed by atoms with E-state index in [0.717, 1.165) is 11.6 Å². The molecule has 0 radical (unpaired) electrons. The molecule has 1 atom stereocenters. The van der Waals surface area contributed by atoms with E-state index in [-0.39, 0.29) is 6.04 Å². The van der Waals surface area contributed by atoms with Crippen LogP contribution >= 0.6 is 11.6 Å². The van der Waals surface area contributed by atoms with Gasteiger partial charge in [0.05, 0.1) is 7.11 Å². The molecule has 0 bridgehead atoms. The largest absolute Gasteiger partial charge is 0.496 e. The predicted molar refractivity (Wildman–Crippen MR) is 79.9 cm³/mol. The molecule has 1 N–H and O–H groups in total. The van der Waals surface area contributed by atoms with Crippen molar-refractivity contribution in [2.75, 3.05) is 14.2 Å². The lowest BCUT2D eigenvalue weighted by Crippen LogP contribution is -2.19.